The Labute approximate surface area is 147 Å². The highest BCUT2D eigenvalue weighted by Gasteiger charge is 2.65. The summed E-state index contributed by atoms with van der Waals surface area (Å²) in [5.74, 6) is -2.94. The first-order valence-electron chi connectivity index (χ1n) is 9.07. The van der Waals surface area contributed by atoms with Crippen LogP contribution in [0.25, 0.3) is 0 Å². The number of aliphatic hydroxyl groups excluding tert-OH is 1. The predicted octanol–water partition coefficient (Wildman–Crippen LogP) is 2.46. The average Bonchev–Trinajstić information content (AvgIpc) is 2.67. The second-order valence-electron chi connectivity index (χ2n) is 6.93. The highest BCUT2D eigenvalue weighted by molar-refractivity contribution is 5.77. The van der Waals surface area contributed by atoms with Crippen molar-refractivity contribution in [3.05, 3.63) is 35.9 Å². The molecule has 3 aliphatic rings. The fraction of sp³-hybridized carbons (Fsp3) is 0.632. The maximum Gasteiger partial charge on any atom is 0.341 e. The van der Waals surface area contributed by atoms with Crippen LogP contribution in [0.5, 0.6) is 0 Å². The summed E-state index contributed by atoms with van der Waals surface area (Å²) in [5, 5.41) is 10.7. The van der Waals surface area contributed by atoms with Gasteiger partial charge in [0.15, 0.2) is 6.10 Å². The van der Waals surface area contributed by atoms with E-state index in [0.717, 1.165) is 25.7 Å². The second kappa shape index (κ2) is 6.68. The number of hydrogen-bond donors (Lipinski definition) is 1. The van der Waals surface area contributed by atoms with Crippen molar-refractivity contribution in [2.45, 2.75) is 62.3 Å². The summed E-state index contributed by atoms with van der Waals surface area (Å²) in [6, 6.07) is 9.00. The Morgan fingerprint density at radius 3 is 2.20 bits per heavy atom. The molecule has 0 aromatic heterocycles. The van der Waals surface area contributed by atoms with E-state index in [4.69, 9.17) is 18.9 Å². The number of hydrogen-bond acceptors (Lipinski definition) is 6. The summed E-state index contributed by atoms with van der Waals surface area (Å²) >= 11 is 0. The molecule has 0 saturated carbocycles. The molecule has 3 heterocycles. The third-order valence-corrected chi connectivity index (χ3v) is 5.29. The normalized spacial score (nSPS) is 37.0. The molecule has 4 rings (SSSR count). The molecule has 3 saturated heterocycles. The van der Waals surface area contributed by atoms with Crippen LogP contribution in [0.3, 0.4) is 0 Å². The smallest absolute Gasteiger partial charge is 0.341 e. The minimum atomic E-state index is -1.20. The Hall–Kier alpha value is -1.47. The third kappa shape index (κ3) is 2.87. The molecule has 0 amide bonds. The largest absolute Gasteiger partial charge is 0.425 e. The van der Waals surface area contributed by atoms with Crippen molar-refractivity contribution in [3.8, 4) is 0 Å². The summed E-state index contributed by atoms with van der Waals surface area (Å²) in [7, 11) is 0. The van der Waals surface area contributed by atoms with Gasteiger partial charge >= 0.3 is 5.97 Å². The average molecular weight is 348 g/mol. The molecule has 6 heteroatoms. The highest BCUT2D eigenvalue weighted by atomic mass is 16.8. The molecule has 3 aliphatic heterocycles. The first-order chi connectivity index (χ1) is 12.2. The van der Waals surface area contributed by atoms with Crippen molar-refractivity contribution in [2.24, 2.45) is 0 Å². The maximum absolute atomic E-state index is 12.7. The molecule has 0 bridgehead atoms. The van der Waals surface area contributed by atoms with Crippen LogP contribution in [0.4, 0.5) is 0 Å². The summed E-state index contributed by atoms with van der Waals surface area (Å²) in [6.45, 7) is 1.03. The van der Waals surface area contributed by atoms with E-state index < -0.39 is 29.8 Å². The first kappa shape index (κ1) is 17.0. The number of carbonyl (C=O) groups is 1. The van der Waals surface area contributed by atoms with Gasteiger partial charge in [-0.05, 0) is 31.2 Å². The molecule has 2 spiro atoms. The molecule has 136 valence electrons. The minimum Gasteiger partial charge on any atom is -0.425 e. The Morgan fingerprint density at radius 1 is 0.960 bits per heavy atom. The standard InChI is InChI=1S/C19H24O6/c20-15(14-8-2-1-3-9-14)16-17(21)25-19(11-5-7-13-23-19)18(24-16)10-4-6-12-22-18/h1-3,8-9,15-16,20H,4-7,10-13H2/t15-,16-,18+,19+/m1/s1. The van der Waals surface area contributed by atoms with Crippen LogP contribution in [0.15, 0.2) is 30.3 Å². The van der Waals surface area contributed by atoms with E-state index in [2.05, 4.69) is 0 Å². The molecule has 4 atom stereocenters. The topological polar surface area (TPSA) is 74.2 Å². The van der Waals surface area contributed by atoms with Crippen molar-refractivity contribution in [3.63, 3.8) is 0 Å². The van der Waals surface area contributed by atoms with E-state index in [1.807, 2.05) is 18.2 Å². The van der Waals surface area contributed by atoms with Gasteiger partial charge in [0.25, 0.3) is 5.79 Å². The van der Waals surface area contributed by atoms with E-state index in [0.29, 0.717) is 31.6 Å². The molecule has 6 nitrogen and oxygen atoms in total. The minimum absolute atomic E-state index is 0.508. The van der Waals surface area contributed by atoms with Crippen LogP contribution >= 0.6 is 0 Å². The van der Waals surface area contributed by atoms with Crippen molar-refractivity contribution >= 4 is 5.97 Å². The number of ether oxygens (including phenoxy) is 4. The lowest BCUT2D eigenvalue weighted by molar-refractivity contribution is -0.447. The van der Waals surface area contributed by atoms with Crippen molar-refractivity contribution in [2.75, 3.05) is 13.2 Å². The monoisotopic (exact) mass is 348 g/mol. The van der Waals surface area contributed by atoms with Gasteiger partial charge in [0, 0.05) is 12.8 Å². The number of esters is 1. The highest BCUT2D eigenvalue weighted by Crippen LogP contribution is 2.49. The van der Waals surface area contributed by atoms with Crippen LogP contribution in [0.1, 0.15) is 50.2 Å². The third-order valence-electron chi connectivity index (χ3n) is 5.29. The molecule has 3 fully saturated rings. The number of benzene rings is 1. The van der Waals surface area contributed by atoms with Crippen LogP contribution in [0, 0.1) is 0 Å². The van der Waals surface area contributed by atoms with Crippen molar-refractivity contribution < 1.29 is 28.8 Å². The van der Waals surface area contributed by atoms with Crippen molar-refractivity contribution in [1.29, 1.82) is 0 Å². The van der Waals surface area contributed by atoms with Crippen molar-refractivity contribution in [1.82, 2.24) is 0 Å². The lowest BCUT2D eigenvalue weighted by atomic mass is 9.88. The Morgan fingerprint density at radius 2 is 1.60 bits per heavy atom. The number of carbonyl (C=O) groups excluding carboxylic acids is 1. The number of aliphatic hydroxyl groups is 1. The number of rotatable bonds is 2. The maximum atomic E-state index is 12.7. The Balaban J connectivity index is 1.65. The van der Waals surface area contributed by atoms with Gasteiger partial charge in [-0.2, -0.15) is 0 Å². The lowest BCUT2D eigenvalue weighted by Crippen LogP contribution is -2.69. The molecule has 1 N–H and O–H groups in total. The molecule has 0 unspecified atom stereocenters. The lowest BCUT2D eigenvalue weighted by Gasteiger charge is -2.55. The number of fused-ring (bicyclic) bond motifs is 1. The van der Waals surface area contributed by atoms with Gasteiger partial charge in [-0.25, -0.2) is 4.79 Å². The zero-order valence-corrected chi connectivity index (χ0v) is 14.2. The molecule has 1 aromatic rings. The quantitative estimate of drug-likeness (QED) is 0.828. The van der Waals surface area contributed by atoms with Gasteiger partial charge in [-0.1, -0.05) is 30.3 Å². The fourth-order valence-electron chi connectivity index (χ4n) is 3.97. The Bertz CT molecular complexity index is 604. The van der Waals surface area contributed by atoms with Gasteiger partial charge in [-0.15, -0.1) is 0 Å². The van der Waals surface area contributed by atoms with E-state index in [-0.39, 0.29) is 0 Å². The van der Waals surface area contributed by atoms with Crippen LogP contribution < -0.4 is 0 Å². The summed E-state index contributed by atoms with van der Waals surface area (Å²) in [6.07, 6.45) is 2.52. The van der Waals surface area contributed by atoms with E-state index in [1.54, 1.807) is 12.1 Å². The van der Waals surface area contributed by atoms with Crippen LogP contribution in [-0.4, -0.2) is 42.0 Å². The predicted molar refractivity (Wildman–Crippen MR) is 87.4 cm³/mol. The zero-order valence-electron chi connectivity index (χ0n) is 14.2. The zero-order chi connectivity index (χ0) is 17.3. The van der Waals surface area contributed by atoms with Gasteiger partial charge in [0.05, 0.1) is 13.2 Å². The summed E-state index contributed by atoms with van der Waals surface area (Å²) in [5.41, 5.74) is 0.607. The fourth-order valence-corrected chi connectivity index (χ4v) is 3.97. The molecule has 25 heavy (non-hydrogen) atoms. The van der Waals surface area contributed by atoms with Gasteiger partial charge in [0.1, 0.15) is 6.10 Å². The van der Waals surface area contributed by atoms with E-state index >= 15 is 0 Å². The first-order valence-corrected chi connectivity index (χ1v) is 9.07. The molecule has 0 radical (unpaired) electrons. The summed E-state index contributed by atoms with van der Waals surface area (Å²) in [4.78, 5) is 12.7. The SMILES string of the molecule is O=C1O[C@@]2(CCCCO2)[C@]2(CCCCO2)O[C@@H]1[C@H](O)c1ccccc1. The van der Waals surface area contributed by atoms with Gasteiger partial charge in [0.2, 0.25) is 5.79 Å². The van der Waals surface area contributed by atoms with Crippen LogP contribution in [-0.2, 0) is 23.7 Å². The summed E-state index contributed by atoms with van der Waals surface area (Å²) < 4.78 is 23.9. The van der Waals surface area contributed by atoms with E-state index in [1.165, 1.54) is 0 Å². The Kier molecular flexibility index (Phi) is 4.54. The molecular formula is C19H24O6. The second-order valence-corrected chi connectivity index (χ2v) is 6.93. The van der Waals surface area contributed by atoms with Gasteiger partial charge in [-0.3, -0.25) is 0 Å². The van der Waals surface area contributed by atoms with Crippen LogP contribution in [0.2, 0.25) is 0 Å². The molecule has 0 aliphatic carbocycles. The van der Waals surface area contributed by atoms with Gasteiger partial charge < -0.3 is 24.1 Å². The van der Waals surface area contributed by atoms with E-state index in [9.17, 15) is 9.90 Å². The molecular weight excluding hydrogens is 324 g/mol. The molecule has 1 aromatic carbocycles.